The number of carbonyl (C=O) groups excluding carboxylic acids is 1. The molecule has 0 aliphatic carbocycles. The highest BCUT2D eigenvalue weighted by Gasteiger charge is 2.25. The van der Waals surface area contributed by atoms with Gasteiger partial charge in [-0.2, -0.15) is 0 Å². The monoisotopic (exact) mass is 265 g/mol. The minimum absolute atomic E-state index is 0.156. The summed E-state index contributed by atoms with van der Waals surface area (Å²) in [4.78, 5) is 22.8. The number of urea groups is 1. The van der Waals surface area contributed by atoms with Gasteiger partial charge in [0, 0.05) is 0 Å². The van der Waals surface area contributed by atoms with Crippen LogP contribution in [0.25, 0.3) is 0 Å². The number of nitrogens with two attached hydrogens (primary N) is 1. The van der Waals surface area contributed by atoms with E-state index in [-0.39, 0.29) is 5.92 Å². The Morgan fingerprint density at radius 3 is 2.53 bits per heavy atom. The zero-order valence-electron chi connectivity index (χ0n) is 11.0. The van der Waals surface area contributed by atoms with Gasteiger partial charge in [-0.15, -0.1) is 0 Å². The van der Waals surface area contributed by atoms with Crippen LogP contribution in [-0.2, 0) is 4.79 Å². The van der Waals surface area contributed by atoms with Gasteiger partial charge < -0.3 is 21.5 Å². The summed E-state index contributed by atoms with van der Waals surface area (Å²) in [5, 5.41) is 14.1. The van der Waals surface area contributed by atoms with Crippen LogP contribution in [0.15, 0.2) is 24.3 Å². The van der Waals surface area contributed by atoms with Gasteiger partial charge in [-0.05, 0) is 18.1 Å². The normalized spacial score (nSPS) is 13.4. The highest BCUT2D eigenvalue weighted by atomic mass is 16.4. The number of amides is 2. The molecule has 1 aromatic carbocycles. The molecule has 6 nitrogen and oxygen atoms in total. The van der Waals surface area contributed by atoms with E-state index in [9.17, 15) is 9.59 Å². The molecule has 0 aromatic heterocycles. The molecule has 2 atom stereocenters. The molecular formula is C13H19N3O3. The number of benzene rings is 1. The van der Waals surface area contributed by atoms with Crippen LogP contribution in [0.4, 0.5) is 16.2 Å². The zero-order chi connectivity index (χ0) is 14.4. The summed E-state index contributed by atoms with van der Waals surface area (Å²) < 4.78 is 0. The lowest BCUT2D eigenvalue weighted by Crippen LogP contribution is -2.46. The lowest BCUT2D eigenvalue weighted by atomic mass is 9.99. The summed E-state index contributed by atoms with van der Waals surface area (Å²) in [6, 6.07) is 5.28. The maximum absolute atomic E-state index is 11.8. The molecule has 6 heteroatoms. The van der Waals surface area contributed by atoms with Gasteiger partial charge in [0.05, 0.1) is 11.4 Å². The second-order valence-corrected chi connectivity index (χ2v) is 4.39. The smallest absolute Gasteiger partial charge is 0.326 e. The zero-order valence-corrected chi connectivity index (χ0v) is 11.0. The first-order chi connectivity index (χ1) is 8.95. The van der Waals surface area contributed by atoms with Crippen LogP contribution >= 0.6 is 0 Å². The molecule has 0 saturated heterocycles. The third-order valence-electron chi connectivity index (χ3n) is 2.97. The molecule has 19 heavy (non-hydrogen) atoms. The van der Waals surface area contributed by atoms with Gasteiger partial charge in [-0.1, -0.05) is 32.4 Å². The Kier molecular flexibility index (Phi) is 5.17. The molecule has 0 radical (unpaired) electrons. The summed E-state index contributed by atoms with van der Waals surface area (Å²) in [7, 11) is 0. The van der Waals surface area contributed by atoms with Crippen molar-refractivity contribution in [2.75, 3.05) is 11.1 Å². The molecule has 0 unspecified atom stereocenters. The number of anilines is 2. The Bertz CT molecular complexity index is 462. The lowest BCUT2D eigenvalue weighted by molar-refractivity contribution is -0.140. The maximum atomic E-state index is 11.8. The van der Waals surface area contributed by atoms with E-state index in [2.05, 4.69) is 10.6 Å². The van der Waals surface area contributed by atoms with E-state index in [1.807, 2.05) is 6.92 Å². The van der Waals surface area contributed by atoms with Crippen LogP contribution in [0.1, 0.15) is 20.3 Å². The first kappa shape index (κ1) is 14.8. The molecule has 0 heterocycles. The van der Waals surface area contributed by atoms with Crippen LogP contribution in [0.2, 0.25) is 0 Å². The molecule has 0 saturated carbocycles. The van der Waals surface area contributed by atoms with Gasteiger partial charge in [0.2, 0.25) is 0 Å². The summed E-state index contributed by atoms with van der Waals surface area (Å²) in [6.45, 7) is 3.64. The van der Waals surface area contributed by atoms with E-state index >= 15 is 0 Å². The number of carbonyl (C=O) groups is 2. The van der Waals surface area contributed by atoms with Gasteiger partial charge in [0.15, 0.2) is 0 Å². The van der Waals surface area contributed by atoms with Gasteiger partial charge in [-0.3, -0.25) is 0 Å². The first-order valence-corrected chi connectivity index (χ1v) is 6.10. The summed E-state index contributed by atoms with van der Waals surface area (Å²) in [5.74, 6) is -1.21. The van der Waals surface area contributed by atoms with Gasteiger partial charge in [0.25, 0.3) is 0 Å². The summed E-state index contributed by atoms with van der Waals surface area (Å²) in [5.41, 5.74) is 6.56. The largest absolute Gasteiger partial charge is 0.480 e. The van der Waals surface area contributed by atoms with Crippen molar-refractivity contribution in [1.82, 2.24) is 5.32 Å². The van der Waals surface area contributed by atoms with Crippen molar-refractivity contribution < 1.29 is 14.7 Å². The Labute approximate surface area is 112 Å². The second-order valence-electron chi connectivity index (χ2n) is 4.39. The number of nitrogens with one attached hydrogen (secondary N) is 2. The number of rotatable bonds is 5. The van der Waals surface area contributed by atoms with Crippen LogP contribution in [0, 0.1) is 5.92 Å². The minimum atomic E-state index is -1.05. The third kappa shape index (κ3) is 4.17. The minimum Gasteiger partial charge on any atom is -0.480 e. The number of carboxylic acids is 1. The van der Waals surface area contributed by atoms with Crippen molar-refractivity contribution >= 4 is 23.4 Å². The average Bonchev–Trinajstić information content (AvgIpc) is 2.37. The van der Waals surface area contributed by atoms with E-state index in [1.54, 1.807) is 31.2 Å². The highest BCUT2D eigenvalue weighted by Crippen LogP contribution is 2.16. The predicted octanol–water partition coefficient (Wildman–Crippen LogP) is 1.89. The summed E-state index contributed by atoms with van der Waals surface area (Å²) in [6.07, 6.45) is 0.657. The maximum Gasteiger partial charge on any atom is 0.326 e. The molecule has 104 valence electrons. The molecule has 0 fully saturated rings. The first-order valence-electron chi connectivity index (χ1n) is 6.10. The van der Waals surface area contributed by atoms with Crippen molar-refractivity contribution in [2.45, 2.75) is 26.3 Å². The summed E-state index contributed by atoms with van der Waals surface area (Å²) >= 11 is 0. The SMILES string of the molecule is CC[C@H](C)[C@H](NC(=O)Nc1ccccc1N)C(=O)O. The van der Waals surface area contributed by atoms with E-state index in [4.69, 9.17) is 10.8 Å². The van der Waals surface area contributed by atoms with Crippen LogP contribution in [-0.4, -0.2) is 23.1 Å². The molecule has 0 aliphatic heterocycles. The Balaban J connectivity index is 2.68. The number of nitrogen functional groups attached to an aromatic ring is 1. The topological polar surface area (TPSA) is 104 Å². The molecule has 0 spiro atoms. The van der Waals surface area contributed by atoms with Crippen LogP contribution in [0.3, 0.4) is 0 Å². The van der Waals surface area contributed by atoms with Gasteiger partial charge in [0.1, 0.15) is 6.04 Å². The van der Waals surface area contributed by atoms with E-state index < -0.39 is 18.0 Å². The van der Waals surface area contributed by atoms with Gasteiger partial charge in [-0.25, -0.2) is 9.59 Å². The van der Waals surface area contributed by atoms with Crippen LogP contribution in [0.5, 0.6) is 0 Å². The van der Waals surface area contributed by atoms with Crippen molar-refractivity contribution in [1.29, 1.82) is 0 Å². The standard InChI is InChI=1S/C13H19N3O3/c1-3-8(2)11(12(17)18)16-13(19)15-10-7-5-4-6-9(10)14/h4-8,11H,3,14H2,1-2H3,(H,17,18)(H2,15,16,19)/t8-,11-/m0/s1. The van der Waals surface area contributed by atoms with E-state index in [1.165, 1.54) is 0 Å². The van der Waals surface area contributed by atoms with E-state index in [0.29, 0.717) is 17.8 Å². The second kappa shape index (κ2) is 6.63. The molecule has 0 aliphatic rings. The quantitative estimate of drug-likeness (QED) is 0.610. The van der Waals surface area contributed by atoms with Crippen molar-refractivity contribution in [3.8, 4) is 0 Å². The fourth-order valence-corrected chi connectivity index (χ4v) is 1.59. The van der Waals surface area contributed by atoms with Gasteiger partial charge >= 0.3 is 12.0 Å². The number of para-hydroxylation sites is 2. The molecular weight excluding hydrogens is 246 g/mol. The van der Waals surface area contributed by atoms with Crippen LogP contribution < -0.4 is 16.4 Å². The number of hydrogen-bond donors (Lipinski definition) is 4. The number of hydrogen-bond acceptors (Lipinski definition) is 3. The Morgan fingerprint density at radius 1 is 1.37 bits per heavy atom. The highest BCUT2D eigenvalue weighted by molar-refractivity contribution is 5.94. The third-order valence-corrected chi connectivity index (χ3v) is 2.97. The predicted molar refractivity (Wildman–Crippen MR) is 73.9 cm³/mol. The lowest BCUT2D eigenvalue weighted by Gasteiger charge is -2.20. The van der Waals surface area contributed by atoms with Crippen molar-refractivity contribution in [3.05, 3.63) is 24.3 Å². The fraction of sp³-hybridized carbons (Fsp3) is 0.385. The molecule has 2 amide bonds. The number of aliphatic carboxylic acids is 1. The molecule has 1 rings (SSSR count). The average molecular weight is 265 g/mol. The number of carboxylic acid groups (broad SMARTS) is 1. The Morgan fingerprint density at radius 2 is 2.00 bits per heavy atom. The molecule has 5 N–H and O–H groups in total. The fourth-order valence-electron chi connectivity index (χ4n) is 1.59. The molecule has 1 aromatic rings. The van der Waals surface area contributed by atoms with Crippen molar-refractivity contribution in [3.63, 3.8) is 0 Å². The van der Waals surface area contributed by atoms with Crippen molar-refractivity contribution in [2.24, 2.45) is 5.92 Å². The Hall–Kier alpha value is -2.24. The molecule has 0 bridgehead atoms. The van der Waals surface area contributed by atoms with E-state index in [0.717, 1.165) is 0 Å².